The van der Waals surface area contributed by atoms with Gasteiger partial charge in [0.15, 0.2) is 0 Å². The number of rotatable bonds is 6. The van der Waals surface area contributed by atoms with Crippen LogP contribution in [0.3, 0.4) is 0 Å². The minimum atomic E-state index is -0.0741. The third kappa shape index (κ3) is 10.0. The Bertz CT molecular complexity index is 133. The molecule has 1 unspecified atom stereocenters. The molecule has 0 heterocycles. The molecule has 0 saturated heterocycles. The monoisotopic (exact) mass is 200 g/mol. The molecule has 0 aliphatic heterocycles. The first kappa shape index (κ1) is 14.0. The van der Waals surface area contributed by atoms with Crippen LogP contribution >= 0.6 is 0 Å². The lowest BCUT2D eigenvalue weighted by Gasteiger charge is -2.18. The van der Waals surface area contributed by atoms with Crippen LogP contribution in [0.25, 0.3) is 0 Å². The molecule has 0 aliphatic carbocycles. The first-order valence-corrected chi connectivity index (χ1v) is 5.99. The van der Waals surface area contributed by atoms with Gasteiger partial charge in [0.2, 0.25) is 0 Å². The Morgan fingerprint density at radius 3 is 2.07 bits per heavy atom. The van der Waals surface area contributed by atoms with E-state index in [1.807, 2.05) is 0 Å². The van der Waals surface area contributed by atoms with Crippen LogP contribution in [-0.2, 0) is 0 Å². The van der Waals surface area contributed by atoms with E-state index in [2.05, 4.69) is 34.6 Å². The Morgan fingerprint density at radius 1 is 1.07 bits per heavy atom. The minimum absolute atomic E-state index is 0.0741. The van der Waals surface area contributed by atoms with Crippen LogP contribution in [0.5, 0.6) is 0 Å². The number of hydrogen-bond donors (Lipinski definition) is 1. The predicted octanol–water partition coefficient (Wildman–Crippen LogP) is 4.00. The summed E-state index contributed by atoms with van der Waals surface area (Å²) in [5, 5.41) is 9.65. The second-order valence-electron chi connectivity index (χ2n) is 6.09. The highest BCUT2D eigenvalue weighted by Crippen LogP contribution is 2.22. The van der Waals surface area contributed by atoms with Crippen molar-refractivity contribution in [2.75, 3.05) is 0 Å². The van der Waals surface area contributed by atoms with Crippen molar-refractivity contribution >= 4 is 0 Å². The molecule has 1 heteroatoms. The molecule has 0 aromatic rings. The maximum atomic E-state index is 9.65. The summed E-state index contributed by atoms with van der Waals surface area (Å²) < 4.78 is 0. The Kier molecular flexibility index (Phi) is 6.43. The molecule has 0 amide bonds. The van der Waals surface area contributed by atoms with Crippen LogP contribution in [-0.4, -0.2) is 11.2 Å². The normalized spacial score (nSPS) is 14.8. The fraction of sp³-hybridized carbons (Fsp3) is 1.00. The van der Waals surface area contributed by atoms with E-state index in [4.69, 9.17) is 0 Å². The minimum Gasteiger partial charge on any atom is -0.393 e. The highest BCUT2D eigenvalue weighted by molar-refractivity contribution is 4.63. The van der Waals surface area contributed by atoms with Gasteiger partial charge in [0.05, 0.1) is 6.10 Å². The maximum Gasteiger partial charge on any atom is 0.0542 e. The first-order valence-electron chi connectivity index (χ1n) is 5.99. The number of hydrogen-bond acceptors (Lipinski definition) is 1. The van der Waals surface area contributed by atoms with Crippen LogP contribution in [0.15, 0.2) is 0 Å². The van der Waals surface area contributed by atoms with Crippen molar-refractivity contribution in [3.8, 4) is 0 Å². The van der Waals surface area contributed by atoms with Gasteiger partial charge in [0.25, 0.3) is 0 Å². The lowest BCUT2D eigenvalue weighted by Crippen LogP contribution is -2.10. The van der Waals surface area contributed by atoms with E-state index in [0.717, 1.165) is 12.8 Å². The van der Waals surface area contributed by atoms with Crippen molar-refractivity contribution in [3.63, 3.8) is 0 Å². The quantitative estimate of drug-likeness (QED) is 0.643. The van der Waals surface area contributed by atoms with Crippen molar-refractivity contribution in [3.05, 3.63) is 0 Å². The molecule has 0 aliphatic rings. The largest absolute Gasteiger partial charge is 0.393 e. The Morgan fingerprint density at radius 2 is 1.64 bits per heavy atom. The summed E-state index contributed by atoms with van der Waals surface area (Å²) >= 11 is 0. The molecule has 0 bridgehead atoms. The third-order valence-corrected chi connectivity index (χ3v) is 2.46. The Labute approximate surface area is 89.9 Å². The van der Waals surface area contributed by atoms with Crippen LogP contribution in [0.4, 0.5) is 0 Å². The summed E-state index contributed by atoms with van der Waals surface area (Å²) in [7, 11) is 0. The first-order chi connectivity index (χ1) is 6.31. The van der Waals surface area contributed by atoms with E-state index < -0.39 is 0 Å². The smallest absolute Gasteiger partial charge is 0.0542 e. The van der Waals surface area contributed by atoms with Crippen molar-refractivity contribution in [2.45, 2.75) is 72.8 Å². The van der Waals surface area contributed by atoms with Gasteiger partial charge in [0, 0.05) is 0 Å². The Hall–Kier alpha value is -0.0400. The van der Waals surface area contributed by atoms with E-state index in [-0.39, 0.29) is 6.10 Å². The standard InChI is InChI=1S/C13H28O/c1-11(2)10-12(14)8-6-7-9-13(3,4)5/h11-12,14H,6-10H2,1-5H3. The molecule has 0 rings (SSSR count). The van der Waals surface area contributed by atoms with Gasteiger partial charge in [-0.05, 0) is 30.6 Å². The van der Waals surface area contributed by atoms with Crippen molar-refractivity contribution in [2.24, 2.45) is 11.3 Å². The maximum absolute atomic E-state index is 9.65. The zero-order valence-corrected chi connectivity index (χ0v) is 10.6. The molecule has 0 fully saturated rings. The summed E-state index contributed by atoms with van der Waals surface area (Å²) in [5.41, 5.74) is 0.447. The van der Waals surface area contributed by atoms with Gasteiger partial charge in [0.1, 0.15) is 0 Å². The summed E-state index contributed by atoms with van der Waals surface area (Å²) in [6, 6.07) is 0. The lowest BCUT2D eigenvalue weighted by atomic mass is 9.89. The molecular formula is C13H28O. The van der Waals surface area contributed by atoms with Gasteiger partial charge in [-0.25, -0.2) is 0 Å². The fourth-order valence-corrected chi connectivity index (χ4v) is 1.70. The molecule has 0 aromatic carbocycles. The number of aliphatic hydroxyl groups excluding tert-OH is 1. The third-order valence-electron chi connectivity index (χ3n) is 2.46. The fourth-order valence-electron chi connectivity index (χ4n) is 1.70. The summed E-state index contributed by atoms with van der Waals surface area (Å²) in [6.07, 6.45) is 5.55. The van der Waals surface area contributed by atoms with Gasteiger partial charge in [-0.1, -0.05) is 47.5 Å². The zero-order chi connectivity index (χ0) is 11.2. The van der Waals surface area contributed by atoms with Crippen LogP contribution in [0.1, 0.15) is 66.7 Å². The van der Waals surface area contributed by atoms with Crippen molar-refractivity contribution < 1.29 is 5.11 Å². The van der Waals surface area contributed by atoms with Crippen molar-refractivity contribution in [1.82, 2.24) is 0 Å². The summed E-state index contributed by atoms with van der Waals surface area (Å²) in [5.74, 6) is 0.618. The van der Waals surface area contributed by atoms with Gasteiger partial charge in [-0.15, -0.1) is 0 Å². The SMILES string of the molecule is CC(C)CC(O)CCCCC(C)(C)C. The topological polar surface area (TPSA) is 20.2 Å². The lowest BCUT2D eigenvalue weighted by molar-refractivity contribution is 0.134. The molecule has 14 heavy (non-hydrogen) atoms. The molecule has 0 radical (unpaired) electrons. The zero-order valence-electron chi connectivity index (χ0n) is 10.6. The van der Waals surface area contributed by atoms with E-state index in [1.54, 1.807) is 0 Å². The summed E-state index contributed by atoms with van der Waals surface area (Å²) in [6.45, 7) is 11.2. The van der Waals surface area contributed by atoms with E-state index in [1.165, 1.54) is 19.3 Å². The van der Waals surface area contributed by atoms with Crippen LogP contribution in [0.2, 0.25) is 0 Å². The average molecular weight is 200 g/mol. The van der Waals surface area contributed by atoms with E-state index in [0.29, 0.717) is 11.3 Å². The summed E-state index contributed by atoms with van der Waals surface area (Å²) in [4.78, 5) is 0. The van der Waals surface area contributed by atoms with Crippen LogP contribution < -0.4 is 0 Å². The second-order valence-corrected chi connectivity index (χ2v) is 6.09. The van der Waals surface area contributed by atoms with Gasteiger partial charge >= 0.3 is 0 Å². The van der Waals surface area contributed by atoms with Crippen LogP contribution in [0, 0.1) is 11.3 Å². The second kappa shape index (κ2) is 6.44. The van der Waals surface area contributed by atoms with Gasteiger partial charge in [-0.3, -0.25) is 0 Å². The van der Waals surface area contributed by atoms with E-state index >= 15 is 0 Å². The van der Waals surface area contributed by atoms with Gasteiger partial charge in [-0.2, -0.15) is 0 Å². The predicted molar refractivity (Wildman–Crippen MR) is 63.4 cm³/mol. The van der Waals surface area contributed by atoms with Gasteiger partial charge < -0.3 is 5.11 Å². The number of aliphatic hydroxyl groups is 1. The molecule has 0 aromatic heterocycles. The number of unbranched alkanes of at least 4 members (excludes halogenated alkanes) is 1. The Balaban J connectivity index is 3.36. The molecular weight excluding hydrogens is 172 g/mol. The molecule has 1 atom stereocenters. The highest BCUT2D eigenvalue weighted by Gasteiger charge is 2.10. The average Bonchev–Trinajstić information content (AvgIpc) is 1.95. The highest BCUT2D eigenvalue weighted by atomic mass is 16.3. The van der Waals surface area contributed by atoms with E-state index in [9.17, 15) is 5.11 Å². The van der Waals surface area contributed by atoms with Crippen molar-refractivity contribution in [1.29, 1.82) is 0 Å². The molecule has 0 spiro atoms. The molecule has 1 nitrogen and oxygen atoms in total. The molecule has 1 N–H and O–H groups in total. The molecule has 86 valence electrons. The molecule has 0 saturated carbocycles.